The average Bonchev–Trinajstić information content (AvgIpc) is 2.72. The van der Waals surface area contributed by atoms with Crippen molar-refractivity contribution in [2.45, 2.75) is 37.6 Å². The van der Waals surface area contributed by atoms with Gasteiger partial charge in [0.25, 0.3) is 0 Å². The van der Waals surface area contributed by atoms with Crippen LogP contribution in [0.1, 0.15) is 37.4 Å². The standard InChI is InChI=1S/C11H15N5/c12-9-3-1-2-8(6-9)11-15-14-10-4-5-13-7-16(10)11/h4-5,7-9H,1-3,6,12H2. The SMILES string of the molecule is NC1CCCC(c2nnc3ccncn23)C1. The van der Waals surface area contributed by atoms with E-state index in [0.717, 1.165) is 30.7 Å². The van der Waals surface area contributed by atoms with E-state index in [9.17, 15) is 0 Å². The maximum absolute atomic E-state index is 6.00. The summed E-state index contributed by atoms with van der Waals surface area (Å²) in [7, 11) is 0. The molecule has 2 atom stereocenters. The van der Waals surface area contributed by atoms with E-state index in [2.05, 4.69) is 15.2 Å². The smallest absolute Gasteiger partial charge is 0.163 e. The highest BCUT2D eigenvalue weighted by atomic mass is 15.3. The first-order valence-electron chi connectivity index (χ1n) is 5.75. The lowest BCUT2D eigenvalue weighted by atomic mass is 9.86. The van der Waals surface area contributed by atoms with Crippen molar-refractivity contribution in [1.29, 1.82) is 0 Å². The minimum absolute atomic E-state index is 0.308. The predicted molar refractivity (Wildman–Crippen MR) is 60.0 cm³/mol. The molecule has 3 rings (SSSR count). The summed E-state index contributed by atoms with van der Waals surface area (Å²) >= 11 is 0. The van der Waals surface area contributed by atoms with Crippen LogP contribution in [0.4, 0.5) is 0 Å². The highest BCUT2D eigenvalue weighted by molar-refractivity contribution is 5.35. The molecule has 2 unspecified atom stereocenters. The second kappa shape index (κ2) is 3.83. The number of nitrogens with zero attached hydrogens (tertiary/aromatic N) is 4. The highest BCUT2D eigenvalue weighted by Gasteiger charge is 2.24. The molecule has 2 aromatic heterocycles. The zero-order valence-corrected chi connectivity index (χ0v) is 9.08. The minimum Gasteiger partial charge on any atom is -0.328 e. The van der Waals surface area contributed by atoms with Crippen LogP contribution in [0.15, 0.2) is 18.6 Å². The fourth-order valence-corrected chi connectivity index (χ4v) is 2.50. The Morgan fingerprint density at radius 1 is 1.31 bits per heavy atom. The fourth-order valence-electron chi connectivity index (χ4n) is 2.50. The van der Waals surface area contributed by atoms with Crippen LogP contribution >= 0.6 is 0 Å². The number of hydrogen-bond donors (Lipinski definition) is 1. The third kappa shape index (κ3) is 1.57. The first-order valence-corrected chi connectivity index (χ1v) is 5.75. The van der Waals surface area contributed by atoms with Crippen LogP contribution in [0.25, 0.3) is 5.65 Å². The quantitative estimate of drug-likeness (QED) is 0.776. The molecule has 0 aliphatic heterocycles. The molecular weight excluding hydrogens is 202 g/mol. The third-order valence-electron chi connectivity index (χ3n) is 3.32. The topological polar surface area (TPSA) is 69.1 Å². The normalized spacial score (nSPS) is 26.1. The van der Waals surface area contributed by atoms with E-state index in [-0.39, 0.29) is 0 Å². The van der Waals surface area contributed by atoms with Crippen LogP contribution in [0.5, 0.6) is 0 Å². The molecule has 0 saturated heterocycles. The molecule has 1 aliphatic carbocycles. The largest absolute Gasteiger partial charge is 0.328 e. The summed E-state index contributed by atoms with van der Waals surface area (Å²) in [5.74, 6) is 1.45. The lowest BCUT2D eigenvalue weighted by Crippen LogP contribution is -2.27. The Morgan fingerprint density at radius 3 is 3.12 bits per heavy atom. The summed E-state index contributed by atoms with van der Waals surface area (Å²) in [6, 6.07) is 2.18. The summed E-state index contributed by atoms with van der Waals surface area (Å²) in [6.45, 7) is 0. The van der Waals surface area contributed by atoms with Gasteiger partial charge in [-0.25, -0.2) is 4.98 Å². The third-order valence-corrected chi connectivity index (χ3v) is 3.32. The molecule has 5 nitrogen and oxygen atoms in total. The molecule has 0 spiro atoms. The molecule has 2 heterocycles. The van der Waals surface area contributed by atoms with Crippen molar-refractivity contribution in [3.63, 3.8) is 0 Å². The molecular formula is C11H15N5. The van der Waals surface area contributed by atoms with Gasteiger partial charge in [0.15, 0.2) is 5.65 Å². The van der Waals surface area contributed by atoms with Gasteiger partial charge in [0.2, 0.25) is 0 Å². The highest BCUT2D eigenvalue weighted by Crippen LogP contribution is 2.30. The molecule has 1 saturated carbocycles. The molecule has 0 radical (unpaired) electrons. The van der Waals surface area contributed by atoms with E-state index in [1.807, 2.05) is 10.5 Å². The second-order valence-electron chi connectivity index (χ2n) is 4.49. The van der Waals surface area contributed by atoms with Gasteiger partial charge < -0.3 is 5.73 Å². The van der Waals surface area contributed by atoms with Crippen molar-refractivity contribution in [1.82, 2.24) is 19.6 Å². The predicted octanol–water partition coefficient (Wildman–Crippen LogP) is 1.11. The van der Waals surface area contributed by atoms with E-state index >= 15 is 0 Å². The molecule has 1 aliphatic rings. The summed E-state index contributed by atoms with van der Waals surface area (Å²) in [4.78, 5) is 4.11. The van der Waals surface area contributed by atoms with Crippen molar-refractivity contribution >= 4 is 5.65 Å². The van der Waals surface area contributed by atoms with Crippen molar-refractivity contribution in [3.8, 4) is 0 Å². The van der Waals surface area contributed by atoms with Gasteiger partial charge in [-0.2, -0.15) is 0 Å². The summed E-state index contributed by atoms with van der Waals surface area (Å²) < 4.78 is 1.97. The van der Waals surface area contributed by atoms with Crippen LogP contribution in [0.3, 0.4) is 0 Å². The first kappa shape index (κ1) is 9.72. The molecule has 0 aromatic carbocycles. The minimum atomic E-state index is 0.308. The molecule has 0 bridgehead atoms. The van der Waals surface area contributed by atoms with Gasteiger partial charge in [-0.1, -0.05) is 6.42 Å². The first-order chi connectivity index (χ1) is 7.84. The number of aromatic nitrogens is 4. The maximum atomic E-state index is 6.00. The lowest BCUT2D eigenvalue weighted by molar-refractivity contribution is 0.380. The van der Waals surface area contributed by atoms with Crippen LogP contribution < -0.4 is 5.73 Å². The van der Waals surface area contributed by atoms with Gasteiger partial charge in [0, 0.05) is 24.2 Å². The number of fused-ring (bicyclic) bond motifs is 1. The van der Waals surface area contributed by atoms with Crippen LogP contribution in [-0.2, 0) is 0 Å². The molecule has 2 N–H and O–H groups in total. The van der Waals surface area contributed by atoms with Crippen LogP contribution in [-0.4, -0.2) is 25.6 Å². The van der Waals surface area contributed by atoms with Gasteiger partial charge in [0.05, 0.1) is 0 Å². The van der Waals surface area contributed by atoms with E-state index in [1.165, 1.54) is 6.42 Å². The zero-order chi connectivity index (χ0) is 11.0. The number of hydrogen-bond acceptors (Lipinski definition) is 4. The molecule has 1 fully saturated rings. The van der Waals surface area contributed by atoms with Crippen LogP contribution in [0.2, 0.25) is 0 Å². The Balaban J connectivity index is 1.99. The Kier molecular flexibility index (Phi) is 2.32. The maximum Gasteiger partial charge on any atom is 0.163 e. The lowest BCUT2D eigenvalue weighted by Gasteiger charge is -2.25. The number of rotatable bonds is 1. The Labute approximate surface area is 93.7 Å². The van der Waals surface area contributed by atoms with Crippen molar-refractivity contribution < 1.29 is 0 Å². The molecule has 0 amide bonds. The Hall–Kier alpha value is -1.49. The zero-order valence-electron chi connectivity index (χ0n) is 9.08. The van der Waals surface area contributed by atoms with Crippen molar-refractivity contribution in [3.05, 3.63) is 24.4 Å². The Bertz CT molecular complexity index is 492. The van der Waals surface area contributed by atoms with Gasteiger partial charge in [-0.3, -0.25) is 4.40 Å². The molecule has 16 heavy (non-hydrogen) atoms. The monoisotopic (exact) mass is 217 g/mol. The van der Waals surface area contributed by atoms with E-state index in [0.29, 0.717) is 12.0 Å². The van der Waals surface area contributed by atoms with Gasteiger partial charge >= 0.3 is 0 Å². The Morgan fingerprint density at radius 2 is 2.25 bits per heavy atom. The second-order valence-corrected chi connectivity index (χ2v) is 4.49. The fraction of sp³-hybridized carbons (Fsp3) is 0.545. The summed E-state index contributed by atoms with van der Waals surface area (Å²) in [5.41, 5.74) is 6.87. The molecule has 84 valence electrons. The summed E-state index contributed by atoms with van der Waals surface area (Å²) in [6.07, 6.45) is 8.00. The van der Waals surface area contributed by atoms with E-state index in [4.69, 9.17) is 5.73 Å². The van der Waals surface area contributed by atoms with Gasteiger partial charge in [-0.15, -0.1) is 10.2 Å². The molecule has 5 heteroatoms. The van der Waals surface area contributed by atoms with Gasteiger partial charge in [0.1, 0.15) is 12.2 Å². The van der Waals surface area contributed by atoms with Crippen molar-refractivity contribution in [2.75, 3.05) is 0 Å². The van der Waals surface area contributed by atoms with E-state index in [1.54, 1.807) is 12.5 Å². The van der Waals surface area contributed by atoms with Crippen molar-refractivity contribution in [2.24, 2.45) is 5.73 Å². The van der Waals surface area contributed by atoms with Crippen LogP contribution in [0, 0.1) is 0 Å². The average molecular weight is 217 g/mol. The number of nitrogens with two attached hydrogens (primary N) is 1. The van der Waals surface area contributed by atoms with Gasteiger partial charge in [-0.05, 0) is 19.3 Å². The summed E-state index contributed by atoms with van der Waals surface area (Å²) in [5, 5.41) is 8.42. The molecule has 2 aromatic rings. The van der Waals surface area contributed by atoms with E-state index < -0.39 is 0 Å².